The topological polar surface area (TPSA) is 83.3 Å². The van der Waals surface area contributed by atoms with Gasteiger partial charge in [0.05, 0.1) is 17.7 Å². The van der Waals surface area contributed by atoms with E-state index in [1.807, 2.05) is 0 Å². The molecule has 31 heavy (non-hydrogen) atoms. The van der Waals surface area contributed by atoms with Gasteiger partial charge in [0, 0.05) is 0 Å². The van der Waals surface area contributed by atoms with Gasteiger partial charge in [-0.3, -0.25) is 4.79 Å². The number of hydrogen-bond acceptors (Lipinski definition) is 6. The molecule has 0 amide bonds. The van der Waals surface area contributed by atoms with Crippen LogP contribution in [0.2, 0.25) is 0 Å². The Morgan fingerprint density at radius 1 is 1.03 bits per heavy atom. The number of para-hydroxylation sites is 1. The monoisotopic (exact) mass is 435 g/mol. The SMILES string of the molecule is CCOc1nc2c(C(=O)c3cccc(C(F)(F)F)n3)cccc2n1C(=O)OC(C)(C)C. The summed E-state index contributed by atoms with van der Waals surface area (Å²) in [5.74, 6) is -0.770. The summed E-state index contributed by atoms with van der Waals surface area (Å²) in [6.07, 6.45) is -5.46. The zero-order chi connectivity index (χ0) is 23.0. The first-order valence-electron chi connectivity index (χ1n) is 9.39. The lowest BCUT2D eigenvalue weighted by Crippen LogP contribution is -2.27. The van der Waals surface area contributed by atoms with Gasteiger partial charge in [-0.2, -0.15) is 22.7 Å². The molecule has 0 unspecified atom stereocenters. The zero-order valence-electron chi connectivity index (χ0n) is 17.3. The van der Waals surface area contributed by atoms with Crippen molar-refractivity contribution in [3.05, 3.63) is 53.3 Å². The summed E-state index contributed by atoms with van der Waals surface area (Å²) in [5, 5.41) is 0. The zero-order valence-corrected chi connectivity index (χ0v) is 17.3. The molecule has 3 rings (SSSR count). The molecule has 3 aromatic rings. The second kappa shape index (κ2) is 8.01. The molecule has 0 aliphatic heterocycles. The fraction of sp³-hybridized carbons (Fsp3) is 0.333. The van der Waals surface area contributed by atoms with Gasteiger partial charge in [-0.05, 0) is 52.0 Å². The van der Waals surface area contributed by atoms with Crippen LogP contribution in [0.25, 0.3) is 11.0 Å². The number of fused-ring (bicyclic) bond motifs is 1. The Labute approximate surface area is 175 Å². The van der Waals surface area contributed by atoms with E-state index in [1.54, 1.807) is 27.7 Å². The van der Waals surface area contributed by atoms with Crippen LogP contribution in [0, 0.1) is 0 Å². The van der Waals surface area contributed by atoms with Crippen LogP contribution in [0.5, 0.6) is 6.01 Å². The molecule has 1 aromatic carbocycles. The van der Waals surface area contributed by atoms with Crippen LogP contribution in [-0.4, -0.2) is 38.6 Å². The summed E-state index contributed by atoms with van der Waals surface area (Å²) < 4.78 is 50.9. The third-order valence-corrected chi connectivity index (χ3v) is 4.02. The smallest absolute Gasteiger partial charge is 0.433 e. The summed E-state index contributed by atoms with van der Waals surface area (Å²) in [6.45, 7) is 6.96. The molecule has 0 saturated heterocycles. The summed E-state index contributed by atoms with van der Waals surface area (Å²) in [4.78, 5) is 33.4. The van der Waals surface area contributed by atoms with Gasteiger partial charge in [0.1, 0.15) is 22.5 Å². The number of aromatic nitrogens is 3. The highest BCUT2D eigenvalue weighted by molar-refractivity contribution is 6.15. The number of ketones is 1. The quantitative estimate of drug-likeness (QED) is 0.544. The fourth-order valence-electron chi connectivity index (χ4n) is 2.83. The number of hydrogen-bond donors (Lipinski definition) is 0. The highest BCUT2D eigenvalue weighted by Crippen LogP contribution is 2.30. The molecule has 0 saturated carbocycles. The largest absolute Gasteiger partial charge is 0.465 e. The van der Waals surface area contributed by atoms with E-state index in [-0.39, 0.29) is 29.2 Å². The van der Waals surface area contributed by atoms with Crippen molar-refractivity contribution in [3.63, 3.8) is 0 Å². The van der Waals surface area contributed by atoms with E-state index in [1.165, 1.54) is 24.3 Å². The molecule has 7 nitrogen and oxygen atoms in total. The fourth-order valence-corrected chi connectivity index (χ4v) is 2.83. The summed E-state index contributed by atoms with van der Waals surface area (Å²) >= 11 is 0. The van der Waals surface area contributed by atoms with Crippen LogP contribution in [0.1, 0.15) is 49.4 Å². The standard InChI is InChI=1S/C21H20F3N3O4/c1-5-30-18-26-16-12(17(28)13-9-7-11-15(25-13)21(22,23)24)8-6-10-14(16)27(18)19(29)31-20(2,3)4/h6-11H,5H2,1-4H3. The van der Waals surface area contributed by atoms with Crippen LogP contribution in [0.3, 0.4) is 0 Å². The number of nitrogens with zero attached hydrogens (tertiary/aromatic N) is 3. The lowest BCUT2D eigenvalue weighted by Gasteiger charge is -2.20. The average Bonchev–Trinajstić information content (AvgIpc) is 3.04. The molecule has 2 aromatic heterocycles. The summed E-state index contributed by atoms with van der Waals surface area (Å²) in [7, 11) is 0. The van der Waals surface area contributed by atoms with Crippen molar-refractivity contribution in [1.82, 2.24) is 14.5 Å². The number of pyridine rings is 1. The molecule has 10 heteroatoms. The van der Waals surface area contributed by atoms with Crippen molar-refractivity contribution in [1.29, 1.82) is 0 Å². The van der Waals surface area contributed by atoms with E-state index < -0.39 is 35.0 Å². The Morgan fingerprint density at radius 2 is 1.71 bits per heavy atom. The Bertz CT molecular complexity index is 1150. The Kier molecular flexibility index (Phi) is 5.75. The molecule has 0 fully saturated rings. The predicted molar refractivity (Wildman–Crippen MR) is 105 cm³/mol. The number of rotatable bonds is 4. The third-order valence-electron chi connectivity index (χ3n) is 4.02. The second-order valence-electron chi connectivity index (χ2n) is 7.55. The second-order valence-corrected chi connectivity index (χ2v) is 7.55. The highest BCUT2D eigenvalue weighted by atomic mass is 19.4. The molecule has 0 atom stereocenters. The average molecular weight is 435 g/mol. The molecule has 0 radical (unpaired) electrons. The minimum Gasteiger partial charge on any atom is -0.465 e. The van der Waals surface area contributed by atoms with E-state index in [2.05, 4.69) is 9.97 Å². The number of imidazole rings is 1. The molecule has 0 aliphatic rings. The number of halogens is 3. The maximum Gasteiger partial charge on any atom is 0.433 e. The molecule has 0 spiro atoms. The van der Waals surface area contributed by atoms with Crippen LogP contribution in [-0.2, 0) is 10.9 Å². The lowest BCUT2D eigenvalue weighted by atomic mass is 10.1. The van der Waals surface area contributed by atoms with Crippen molar-refractivity contribution in [2.45, 2.75) is 39.5 Å². The molecule has 164 valence electrons. The number of alkyl halides is 3. The van der Waals surface area contributed by atoms with Gasteiger partial charge in [-0.1, -0.05) is 12.1 Å². The maximum atomic E-state index is 13.0. The number of carbonyl (C=O) groups excluding carboxylic acids is 2. The van der Waals surface area contributed by atoms with Crippen molar-refractivity contribution >= 4 is 22.9 Å². The van der Waals surface area contributed by atoms with E-state index in [4.69, 9.17) is 9.47 Å². The van der Waals surface area contributed by atoms with Gasteiger partial charge in [-0.25, -0.2) is 9.78 Å². The molecular formula is C21H20F3N3O4. The van der Waals surface area contributed by atoms with E-state index >= 15 is 0 Å². The number of carbonyl (C=O) groups is 2. The van der Waals surface area contributed by atoms with Crippen LogP contribution in [0.4, 0.5) is 18.0 Å². The van der Waals surface area contributed by atoms with E-state index in [0.29, 0.717) is 0 Å². The lowest BCUT2D eigenvalue weighted by molar-refractivity contribution is -0.141. The van der Waals surface area contributed by atoms with Gasteiger partial charge in [0.2, 0.25) is 5.78 Å². The van der Waals surface area contributed by atoms with Crippen molar-refractivity contribution in [2.75, 3.05) is 6.61 Å². The van der Waals surface area contributed by atoms with Gasteiger partial charge < -0.3 is 9.47 Å². The number of ether oxygens (including phenoxy) is 2. The molecule has 0 aliphatic carbocycles. The van der Waals surface area contributed by atoms with Gasteiger partial charge in [0.25, 0.3) is 0 Å². The van der Waals surface area contributed by atoms with Crippen molar-refractivity contribution < 1.29 is 32.2 Å². The Hall–Kier alpha value is -3.43. The van der Waals surface area contributed by atoms with Crippen molar-refractivity contribution in [2.24, 2.45) is 0 Å². The van der Waals surface area contributed by atoms with E-state index in [9.17, 15) is 22.8 Å². The van der Waals surface area contributed by atoms with Gasteiger partial charge in [0.15, 0.2) is 0 Å². The third kappa shape index (κ3) is 4.68. The first-order valence-corrected chi connectivity index (χ1v) is 9.39. The minimum atomic E-state index is -4.69. The maximum absolute atomic E-state index is 13.0. The van der Waals surface area contributed by atoms with Gasteiger partial charge >= 0.3 is 18.3 Å². The van der Waals surface area contributed by atoms with Crippen LogP contribution in [0.15, 0.2) is 36.4 Å². The van der Waals surface area contributed by atoms with Gasteiger partial charge in [-0.15, -0.1) is 0 Å². The van der Waals surface area contributed by atoms with E-state index in [0.717, 1.165) is 16.7 Å². The van der Waals surface area contributed by atoms with Crippen molar-refractivity contribution in [3.8, 4) is 6.01 Å². The minimum absolute atomic E-state index is 0.0208. The van der Waals surface area contributed by atoms with Crippen LogP contribution < -0.4 is 4.74 Å². The summed E-state index contributed by atoms with van der Waals surface area (Å²) in [6, 6.07) is 7.39. The Balaban J connectivity index is 2.14. The number of benzene rings is 1. The molecule has 0 N–H and O–H groups in total. The Morgan fingerprint density at radius 3 is 2.32 bits per heavy atom. The van der Waals surface area contributed by atoms with Crippen LogP contribution >= 0.6 is 0 Å². The molecule has 0 bridgehead atoms. The normalized spacial score (nSPS) is 12.1. The molecular weight excluding hydrogens is 415 g/mol. The first kappa shape index (κ1) is 22.3. The summed E-state index contributed by atoms with van der Waals surface area (Å²) in [5.41, 5.74) is -2.09. The first-order chi connectivity index (χ1) is 14.4. The predicted octanol–water partition coefficient (Wildman–Crippen LogP) is 4.86. The molecule has 2 heterocycles. The highest BCUT2D eigenvalue weighted by Gasteiger charge is 2.33.